The van der Waals surface area contributed by atoms with E-state index in [1.165, 1.54) is 6.42 Å². The first-order chi connectivity index (χ1) is 8.27. The SMILES string of the molecule is Cc1ccoc1C(=O)N1CCCC2CNCC21. The molecule has 92 valence electrons. The molecule has 2 saturated heterocycles. The Hall–Kier alpha value is -1.29. The second kappa shape index (κ2) is 4.18. The highest BCUT2D eigenvalue weighted by Crippen LogP contribution is 2.28. The highest BCUT2D eigenvalue weighted by Gasteiger charge is 2.38. The third-order valence-electron chi connectivity index (χ3n) is 4.00. The van der Waals surface area contributed by atoms with Crippen molar-refractivity contribution in [3.63, 3.8) is 0 Å². The number of rotatable bonds is 1. The van der Waals surface area contributed by atoms with Gasteiger partial charge in [-0.15, -0.1) is 0 Å². The van der Waals surface area contributed by atoms with Crippen molar-refractivity contribution in [1.82, 2.24) is 10.2 Å². The summed E-state index contributed by atoms with van der Waals surface area (Å²) in [6.07, 6.45) is 3.93. The maximum atomic E-state index is 12.4. The number of likely N-dealkylation sites (tertiary alicyclic amines) is 1. The van der Waals surface area contributed by atoms with Crippen LogP contribution in [0.2, 0.25) is 0 Å². The van der Waals surface area contributed by atoms with E-state index in [4.69, 9.17) is 4.42 Å². The minimum atomic E-state index is 0.0610. The van der Waals surface area contributed by atoms with E-state index in [9.17, 15) is 4.79 Å². The average Bonchev–Trinajstić information content (AvgIpc) is 2.95. The first-order valence-corrected chi connectivity index (χ1v) is 6.33. The van der Waals surface area contributed by atoms with Gasteiger partial charge in [0.2, 0.25) is 0 Å². The molecule has 17 heavy (non-hydrogen) atoms. The van der Waals surface area contributed by atoms with Gasteiger partial charge in [0.25, 0.3) is 5.91 Å². The Bertz CT molecular complexity index is 427. The average molecular weight is 234 g/mol. The molecular weight excluding hydrogens is 216 g/mol. The van der Waals surface area contributed by atoms with Crippen LogP contribution < -0.4 is 5.32 Å². The fourth-order valence-electron chi connectivity index (χ4n) is 3.04. The first kappa shape index (κ1) is 10.8. The van der Waals surface area contributed by atoms with Crippen molar-refractivity contribution in [2.45, 2.75) is 25.8 Å². The molecule has 0 spiro atoms. The van der Waals surface area contributed by atoms with E-state index in [0.717, 1.165) is 31.6 Å². The molecule has 2 aliphatic rings. The van der Waals surface area contributed by atoms with Gasteiger partial charge in [0.05, 0.1) is 6.26 Å². The minimum Gasteiger partial charge on any atom is -0.459 e. The summed E-state index contributed by atoms with van der Waals surface area (Å²) >= 11 is 0. The lowest BCUT2D eigenvalue weighted by atomic mass is 9.92. The van der Waals surface area contributed by atoms with Crippen molar-refractivity contribution < 1.29 is 9.21 Å². The molecule has 4 nitrogen and oxygen atoms in total. The summed E-state index contributed by atoms with van der Waals surface area (Å²) in [5.74, 6) is 1.20. The van der Waals surface area contributed by atoms with Gasteiger partial charge in [-0.1, -0.05) is 0 Å². The number of fused-ring (bicyclic) bond motifs is 1. The van der Waals surface area contributed by atoms with E-state index in [2.05, 4.69) is 5.32 Å². The Morgan fingerprint density at radius 3 is 3.18 bits per heavy atom. The number of furan rings is 1. The summed E-state index contributed by atoms with van der Waals surface area (Å²) in [5.41, 5.74) is 0.933. The maximum absolute atomic E-state index is 12.4. The molecule has 2 aliphatic heterocycles. The smallest absolute Gasteiger partial charge is 0.290 e. The van der Waals surface area contributed by atoms with Crippen molar-refractivity contribution in [1.29, 1.82) is 0 Å². The van der Waals surface area contributed by atoms with Crippen LogP contribution in [0.15, 0.2) is 16.7 Å². The molecule has 4 heteroatoms. The zero-order valence-electron chi connectivity index (χ0n) is 10.1. The van der Waals surface area contributed by atoms with E-state index in [1.807, 2.05) is 17.9 Å². The monoisotopic (exact) mass is 234 g/mol. The summed E-state index contributed by atoms with van der Waals surface area (Å²) in [4.78, 5) is 14.4. The number of hydrogen-bond donors (Lipinski definition) is 1. The quantitative estimate of drug-likeness (QED) is 0.799. The molecule has 2 atom stereocenters. The highest BCUT2D eigenvalue weighted by atomic mass is 16.3. The Morgan fingerprint density at radius 2 is 2.41 bits per heavy atom. The zero-order valence-corrected chi connectivity index (χ0v) is 10.1. The molecule has 0 saturated carbocycles. The zero-order chi connectivity index (χ0) is 11.8. The van der Waals surface area contributed by atoms with Gasteiger partial charge < -0.3 is 14.6 Å². The van der Waals surface area contributed by atoms with Crippen LogP contribution in [0, 0.1) is 12.8 Å². The van der Waals surface area contributed by atoms with Crippen LogP contribution in [0.3, 0.4) is 0 Å². The molecule has 2 fully saturated rings. The topological polar surface area (TPSA) is 45.5 Å². The number of carbonyl (C=O) groups excluding carboxylic acids is 1. The van der Waals surface area contributed by atoms with Crippen molar-refractivity contribution in [3.8, 4) is 0 Å². The predicted octanol–water partition coefficient (Wildman–Crippen LogP) is 1.41. The summed E-state index contributed by atoms with van der Waals surface area (Å²) in [7, 11) is 0. The predicted molar refractivity (Wildman–Crippen MR) is 63.9 cm³/mol. The molecular formula is C13H18N2O2. The standard InChI is InChI=1S/C13H18N2O2/c1-9-4-6-17-12(9)13(16)15-5-2-3-10-7-14-8-11(10)15/h4,6,10-11,14H,2-3,5,7-8H2,1H3. The van der Waals surface area contributed by atoms with Crippen LogP contribution in [0.25, 0.3) is 0 Å². The normalized spacial score (nSPS) is 28.2. The van der Waals surface area contributed by atoms with Crippen LogP contribution in [-0.4, -0.2) is 36.5 Å². The number of nitrogens with zero attached hydrogens (tertiary/aromatic N) is 1. The fourth-order valence-corrected chi connectivity index (χ4v) is 3.04. The Balaban J connectivity index is 1.83. The Kier molecular flexibility index (Phi) is 2.67. The molecule has 1 aromatic heterocycles. The van der Waals surface area contributed by atoms with Gasteiger partial charge in [0, 0.05) is 31.2 Å². The van der Waals surface area contributed by atoms with Crippen LogP contribution in [0.5, 0.6) is 0 Å². The number of carbonyl (C=O) groups is 1. The van der Waals surface area contributed by atoms with Gasteiger partial charge in [-0.05, 0) is 31.7 Å². The Labute approximate surface area is 101 Å². The summed E-state index contributed by atoms with van der Waals surface area (Å²) in [6, 6.07) is 2.21. The number of hydrogen-bond acceptors (Lipinski definition) is 3. The summed E-state index contributed by atoms with van der Waals surface area (Å²) < 4.78 is 5.32. The molecule has 3 rings (SSSR count). The highest BCUT2D eigenvalue weighted by molar-refractivity contribution is 5.93. The first-order valence-electron chi connectivity index (χ1n) is 6.33. The summed E-state index contributed by atoms with van der Waals surface area (Å²) in [5, 5.41) is 3.38. The van der Waals surface area contributed by atoms with Crippen molar-refractivity contribution in [2.75, 3.05) is 19.6 Å². The number of nitrogens with one attached hydrogen (secondary N) is 1. The van der Waals surface area contributed by atoms with Gasteiger partial charge in [-0.25, -0.2) is 0 Å². The number of aryl methyl sites for hydroxylation is 1. The lowest BCUT2D eigenvalue weighted by Gasteiger charge is -2.36. The van der Waals surface area contributed by atoms with Crippen LogP contribution >= 0.6 is 0 Å². The van der Waals surface area contributed by atoms with Gasteiger partial charge >= 0.3 is 0 Å². The van der Waals surface area contributed by atoms with Crippen LogP contribution in [0.4, 0.5) is 0 Å². The third-order valence-corrected chi connectivity index (χ3v) is 4.00. The Morgan fingerprint density at radius 1 is 1.53 bits per heavy atom. The van der Waals surface area contributed by atoms with E-state index in [1.54, 1.807) is 6.26 Å². The molecule has 0 bridgehead atoms. The lowest BCUT2D eigenvalue weighted by molar-refractivity contribution is 0.0541. The number of piperidine rings is 1. The molecule has 1 amide bonds. The van der Waals surface area contributed by atoms with E-state index in [0.29, 0.717) is 17.7 Å². The largest absolute Gasteiger partial charge is 0.459 e. The second-order valence-corrected chi connectivity index (χ2v) is 5.06. The molecule has 3 heterocycles. The van der Waals surface area contributed by atoms with Gasteiger partial charge in [-0.2, -0.15) is 0 Å². The second-order valence-electron chi connectivity index (χ2n) is 5.06. The molecule has 0 aliphatic carbocycles. The molecule has 1 N–H and O–H groups in total. The van der Waals surface area contributed by atoms with Gasteiger partial charge in [0.1, 0.15) is 0 Å². The molecule has 1 aromatic rings. The van der Waals surface area contributed by atoms with Crippen LogP contribution in [0.1, 0.15) is 29.0 Å². The minimum absolute atomic E-state index is 0.0610. The van der Waals surface area contributed by atoms with E-state index < -0.39 is 0 Å². The van der Waals surface area contributed by atoms with E-state index >= 15 is 0 Å². The third kappa shape index (κ3) is 1.76. The maximum Gasteiger partial charge on any atom is 0.290 e. The molecule has 0 aromatic carbocycles. The molecule has 0 radical (unpaired) electrons. The van der Waals surface area contributed by atoms with E-state index in [-0.39, 0.29) is 5.91 Å². The fraction of sp³-hybridized carbons (Fsp3) is 0.615. The number of amides is 1. The van der Waals surface area contributed by atoms with Gasteiger partial charge in [0.15, 0.2) is 5.76 Å². The van der Waals surface area contributed by atoms with Crippen molar-refractivity contribution >= 4 is 5.91 Å². The van der Waals surface area contributed by atoms with Gasteiger partial charge in [-0.3, -0.25) is 4.79 Å². The van der Waals surface area contributed by atoms with Crippen LogP contribution in [-0.2, 0) is 0 Å². The lowest BCUT2D eigenvalue weighted by Crippen LogP contribution is -2.48. The van der Waals surface area contributed by atoms with Crippen molar-refractivity contribution in [3.05, 3.63) is 23.7 Å². The molecule has 2 unspecified atom stereocenters. The van der Waals surface area contributed by atoms with Crippen molar-refractivity contribution in [2.24, 2.45) is 5.92 Å². The summed E-state index contributed by atoms with van der Waals surface area (Å²) in [6.45, 7) is 4.76.